The highest BCUT2D eigenvalue weighted by Gasteiger charge is 2.64. The number of unbranched alkanes of at least 4 members (excludes halogenated alkanes) is 6. The minimum Gasteiger partial charge on any atom is -0.465 e. The maximum atomic E-state index is 12.4. The third-order valence-corrected chi connectivity index (χ3v) is 6.60. The zero-order chi connectivity index (χ0) is 16.9. The van der Waals surface area contributed by atoms with E-state index in [1.54, 1.807) is 0 Å². The summed E-state index contributed by atoms with van der Waals surface area (Å²) in [5.74, 6) is 0.686. The molecular weight excluding hydrogens is 288 g/mol. The third kappa shape index (κ3) is 3.80. The van der Waals surface area contributed by atoms with Crippen molar-refractivity contribution in [3.05, 3.63) is 0 Å². The molecule has 0 amide bonds. The van der Waals surface area contributed by atoms with Gasteiger partial charge in [-0.1, -0.05) is 59.3 Å². The van der Waals surface area contributed by atoms with Gasteiger partial charge in [0.2, 0.25) is 0 Å². The largest absolute Gasteiger partial charge is 0.465 e. The van der Waals surface area contributed by atoms with Gasteiger partial charge in [-0.2, -0.15) is 0 Å². The Labute approximate surface area is 141 Å². The monoisotopic (exact) mass is 322 g/mol. The van der Waals surface area contributed by atoms with E-state index in [1.807, 2.05) is 0 Å². The molecule has 0 aromatic rings. The normalized spacial score (nSPS) is 28.3. The fourth-order valence-electron chi connectivity index (χ4n) is 4.61. The fraction of sp³-hybridized carbons (Fsp3) is 0.900. The molecule has 2 aliphatic carbocycles. The quantitative estimate of drug-likeness (QED) is 0.417. The lowest BCUT2D eigenvalue weighted by molar-refractivity contribution is -0.152. The number of carbonyl (C=O) groups excluding carboxylic acids is 2. The molecule has 0 aromatic heterocycles. The van der Waals surface area contributed by atoms with Crippen LogP contribution in [0, 0.1) is 16.7 Å². The lowest BCUT2D eigenvalue weighted by atomic mass is 9.69. The minimum atomic E-state index is -0.395. The van der Waals surface area contributed by atoms with E-state index in [0.717, 1.165) is 25.7 Å². The molecule has 2 atom stereocenters. The molecule has 0 radical (unpaired) electrons. The molecule has 0 aromatic carbocycles. The first-order valence-corrected chi connectivity index (χ1v) is 9.63. The second-order valence-corrected chi connectivity index (χ2v) is 8.20. The van der Waals surface area contributed by atoms with Gasteiger partial charge in [-0.05, 0) is 30.6 Å². The van der Waals surface area contributed by atoms with Crippen LogP contribution in [0.15, 0.2) is 0 Å². The van der Waals surface area contributed by atoms with Crippen LogP contribution in [-0.4, -0.2) is 18.4 Å². The van der Waals surface area contributed by atoms with Gasteiger partial charge in [0, 0.05) is 12.8 Å². The van der Waals surface area contributed by atoms with Crippen LogP contribution in [0.2, 0.25) is 0 Å². The van der Waals surface area contributed by atoms with Crippen LogP contribution in [0.25, 0.3) is 0 Å². The Morgan fingerprint density at radius 3 is 2.35 bits per heavy atom. The van der Waals surface area contributed by atoms with Gasteiger partial charge in [-0.15, -0.1) is 0 Å². The van der Waals surface area contributed by atoms with Crippen LogP contribution in [-0.2, 0) is 14.3 Å². The molecule has 2 fully saturated rings. The van der Waals surface area contributed by atoms with Crippen molar-refractivity contribution in [2.24, 2.45) is 16.7 Å². The summed E-state index contributed by atoms with van der Waals surface area (Å²) in [5.41, 5.74) is -0.406. The zero-order valence-electron chi connectivity index (χ0n) is 15.3. The van der Waals surface area contributed by atoms with E-state index < -0.39 is 5.41 Å². The number of fused-ring (bicyclic) bond motifs is 2. The molecule has 2 bridgehead atoms. The van der Waals surface area contributed by atoms with Gasteiger partial charge >= 0.3 is 5.97 Å². The molecule has 132 valence electrons. The lowest BCUT2D eigenvalue weighted by Crippen LogP contribution is -2.40. The summed E-state index contributed by atoms with van der Waals surface area (Å²) in [6.07, 6.45) is 11.6. The van der Waals surface area contributed by atoms with Crippen molar-refractivity contribution in [2.75, 3.05) is 6.61 Å². The standard InChI is InChI=1S/C20H34O3/c1-4-5-6-7-8-9-10-11-18(22)23-15-20-13-12-16(14-17(20)21)19(20,2)3/h16H,4-15H2,1-3H3. The molecule has 0 heterocycles. The van der Waals surface area contributed by atoms with Crippen LogP contribution < -0.4 is 0 Å². The first-order valence-electron chi connectivity index (χ1n) is 9.63. The van der Waals surface area contributed by atoms with E-state index in [1.165, 1.54) is 32.1 Å². The summed E-state index contributed by atoms with van der Waals surface area (Å²) in [6.45, 7) is 6.89. The predicted octanol–water partition coefficient (Wildman–Crippen LogP) is 5.07. The Bertz CT molecular complexity index is 427. The van der Waals surface area contributed by atoms with Gasteiger partial charge in [-0.25, -0.2) is 0 Å². The molecule has 3 heteroatoms. The van der Waals surface area contributed by atoms with Crippen LogP contribution in [0.4, 0.5) is 0 Å². The van der Waals surface area contributed by atoms with Gasteiger partial charge in [0.1, 0.15) is 12.4 Å². The van der Waals surface area contributed by atoms with E-state index >= 15 is 0 Å². The Hall–Kier alpha value is -0.860. The van der Waals surface area contributed by atoms with Crippen LogP contribution >= 0.6 is 0 Å². The summed E-state index contributed by atoms with van der Waals surface area (Å²) < 4.78 is 5.54. The van der Waals surface area contributed by atoms with Gasteiger partial charge < -0.3 is 4.74 Å². The average Bonchev–Trinajstić information content (AvgIpc) is 2.86. The predicted molar refractivity (Wildman–Crippen MR) is 92.1 cm³/mol. The third-order valence-electron chi connectivity index (χ3n) is 6.60. The second-order valence-electron chi connectivity index (χ2n) is 8.20. The Kier molecular flexibility index (Phi) is 6.27. The van der Waals surface area contributed by atoms with E-state index in [9.17, 15) is 9.59 Å². The smallest absolute Gasteiger partial charge is 0.305 e. The van der Waals surface area contributed by atoms with E-state index in [0.29, 0.717) is 31.1 Å². The summed E-state index contributed by atoms with van der Waals surface area (Å²) in [5, 5.41) is 0. The van der Waals surface area contributed by atoms with Crippen molar-refractivity contribution in [1.82, 2.24) is 0 Å². The number of hydrogen-bond donors (Lipinski definition) is 0. The zero-order valence-corrected chi connectivity index (χ0v) is 15.3. The Morgan fingerprint density at radius 1 is 1.13 bits per heavy atom. The highest BCUT2D eigenvalue weighted by molar-refractivity contribution is 5.90. The molecule has 2 saturated carbocycles. The number of rotatable bonds is 10. The SMILES string of the molecule is CCCCCCCCCC(=O)OCC12CCC(CC1=O)C2(C)C. The van der Waals surface area contributed by atoms with Crippen LogP contribution in [0.3, 0.4) is 0 Å². The molecule has 3 nitrogen and oxygen atoms in total. The van der Waals surface area contributed by atoms with Crippen LogP contribution in [0.1, 0.15) is 91.4 Å². The number of esters is 1. The highest BCUT2D eigenvalue weighted by Crippen LogP contribution is 2.63. The van der Waals surface area contributed by atoms with Gasteiger partial charge in [0.25, 0.3) is 0 Å². The Balaban J connectivity index is 1.66. The second kappa shape index (κ2) is 7.81. The number of ether oxygens (including phenoxy) is 1. The highest BCUT2D eigenvalue weighted by atomic mass is 16.5. The molecule has 2 unspecified atom stereocenters. The van der Waals surface area contributed by atoms with E-state index in [4.69, 9.17) is 4.74 Å². The summed E-state index contributed by atoms with van der Waals surface area (Å²) in [7, 11) is 0. The van der Waals surface area contributed by atoms with Gasteiger partial charge in [0.05, 0.1) is 5.41 Å². The van der Waals surface area contributed by atoms with Crippen LogP contribution in [0.5, 0.6) is 0 Å². The topological polar surface area (TPSA) is 43.4 Å². The molecule has 0 aliphatic heterocycles. The summed E-state index contributed by atoms with van der Waals surface area (Å²) in [6, 6.07) is 0. The number of carbonyl (C=O) groups is 2. The average molecular weight is 322 g/mol. The first kappa shape index (κ1) is 18.5. The Morgan fingerprint density at radius 2 is 1.78 bits per heavy atom. The number of ketones is 1. The van der Waals surface area contributed by atoms with E-state index in [-0.39, 0.29) is 11.4 Å². The van der Waals surface area contributed by atoms with E-state index in [2.05, 4.69) is 20.8 Å². The van der Waals surface area contributed by atoms with Crippen molar-refractivity contribution in [1.29, 1.82) is 0 Å². The maximum Gasteiger partial charge on any atom is 0.305 e. The first-order chi connectivity index (χ1) is 10.9. The van der Waals surface area contributed by atoms with Gasteiger partial charge in [0.15, 0.2) is 0 Å². The van der Waals surface area contributed by atoms with Crippen molar-refractivity contribution >= 4 is 11.8 Å². The molecule has 2 aliphatic rings. The van der Waals surface area contributed by atoms with Crippen molar-refractivity contribution in [3.8, 4) is 0 Å². The lowest BCUT2D eigenvalue weighted by Gasteiger charge is -2.35. The number of Topliss-reactive ketones (excluding diaryl/α,β-unsaturated/α-hetero) is 1. The minimum absolute atomic E-state index is 0.0103. The van der Waals surface area contributed by atoms with Crippen molar-refractivity contribution in [3.63, 3.8) is 0 Å². The molecule has 23 heavy (non-hydrogen) atoms. The molecule has 0 spiro atoms. The summed E-state index contributed by atoms with van der Waals surface area (Å²) in [4.78, 5) is 24.4. The molecule has 0 N–H and O–H groups in total. The number of hydrogen-bond acceptors (Lipinski definition) is 3. The van der Waals surface area contributed by atoms with Gasteiger partial charge in [-0.3, -0.25) is 9.59 Å². The molecular formula is C20H34O3. The van der Waals surface area contributed by atoms with Crippen molar-refractivity contribution < 1.29 is 14.3 Å². The molecule has 2 rings (SSSR count). The maximum absolute atomic E-state index is 12.4. The fourth-order valence-corrected chi connectivity index (χ4v) is 4.61. The summed E-state index contributed by atoms with van der Waals surface area (Å²) >= 11 is 0. The van der Waals surface area contributed by atoms with Crippen molar-refractivity contribution in [2.45, 2.75) is 91.4 Å². The molecule has 0 saturated heterocycles.